The Bertz CT molecular complexity index is 1410. The fraction of sp³-hybridized carbons (Fsp3) is 0.533. The molecule has 2 aromatic rings. The van der Waals surface area contributed by atoms with Crippen molar-refractivity contribution in [1.82, 2.24) is 20.5 Å². The monoisotopic (exact) mass is 572 g/mol. The smallest absolute Gasteiger partial charge is 0.337 e. The lowest BCUT2D eigenvalue weighted by Gasteiger charge is -2.37. The van der Waals surface area contributed by atoms with Crippen LogP contribution in [-0.2, 0) is 14.4 Å². The highest BCUT2D eigenvalue weighted by atomic mass is 19.4. The van der Waals surface area contributed by atoms with Crippen molar-refractivity contribution in [2.24, 2.45) is 29.1 Å². The van der Waals surface area contributed by atoms with Gasteiger partial charge in [0, 0.05) is 29.9 Å². The summed E-state index contributed by atoms with van der Waals surface area (Å²) >= 11 is 0. The molecular formula is C30H32F4N4O3. The Morgan fingerprint density at radius 3 is 2.44 bits per heavy atom. The van der Waals surface area contributed by atoms with Gasteiger partial charge in [0.2, 0.25) is 11.8 Å². The third-order valence-electron chi connectivity index (χ3n) is 8.93. The largest absolute Gasteiger partial charge is 0.471 e. The third kappa shape index (κ3) is 5.13. The lowest BCUT2D eigenvalue weighted by molar-refractivity contribution is -0.176. The zero-order valence-corrected chi connectivity index (χ0v) is 22.9. The number of amides is 3. The standard InChI is InChI=1S/C30H32F4N4O3/c1-5-22(19-13-35-12-15-8-6-7-9-17(15)19)36-26(39)24-23-18-10-16(11-21(18)31)20(23)14-38(24)27(40)25(29(2,3)4)37-28(41)30(32,33)34/h1,6-9,12-13,16,18,20-25H,10-11,14H2,2-4H3,(H,36,39)(H,37,41)/t16-,18+,20+,21?,22?,23-,24-,25+/m0/s1. The number of hydrogen-bond acceptors (Lipinski definition) is 4. The van der Waals surface area contributed by atoms with Crippen LogP contribution in [0.5, 0.6) is 0 Å². The van der Waals surface area contributed by atoms with Crippen LogP contribution in [0.3, 0.4) is 0 Å². The molecule has 7 nitrogen and oxygen atoms in total. The van der Waals surface area contributed by atoms with E-state index in [1.54, 1.807) is 12.4 Å². The van der Waals surface area contributed by atoms with Gasteiger partial charge in [-0.3, -0.25) is 19.4 Å². The minimum atomic E-state index is -5.20. The molecule has 1 aliphatic heterocycles. The molecule has 2 saturated carbocycles. The molecule has 2 heterocycles. The van der Waals surface area contributed by atoms with E-state index < -0.39 is 65.4 Å². The molecule has 1 aromatic heterocycles. The second kappa shape index (κ2) is 10.3. The number of carbonyl (C=O) groups is 3. The molecule has 0 radical (unpaired) electrons. The van der Waals surface area contributed by atoms with E-state index in [0.29, 0.717) is 18.4 Å². The summed E-state index contributed by atoms with van der Waals surface area (Å²) < 4.78 is 54.5. The molecule has 2 bridgehead atoms. The molecule has 218 valence electrons. The number of rotatable bonds is 5. The van der Waals surface area contributed by atoms with E-state index in [2.05, 4.69) is 16.2 Å². The van der Waals surface area contributed by atoms with Crippen LogP contribution in [0.25, 0.3) is 10.8 Å². The van der Waals surface area contributed by atoms with Crippen molar-refractivity contribution < 1.29 is 31.9 Å². The first kappa shape index (κ1) is 28.8. The number of terminal acetylenes is 1. The number of benzene rings is 1. The minimum absolute atomic E-state index is 0.0448. The summed E-state index contributed by atoms with van der Waals surface area (Å²) in [6.45, 7) is 4.67. The Kier molecular flexibility index (Phi) is 7.24. The quantitative estimate of drug-likeness (QED) is 0.420. The number of nitrogens with one attached hydrogen (secondary N) is 2. The summed E-state index contributed by atoms with van der Waals surface area (Å²) in [7, 11) is 0. The van der Waals surface area contributed by atoms with Crippen LogP contribution in [0.4, 0.5) is 17.6 Å². The maximum absolute atomic E-state index is 15.0. The van der Waals surface area contributed by atoms with E-state index >= 15 is 0 Å². The summed E-state index contributed by atoms with van der Waals surface area (Å²) in [5.41, 5.74) is -0.554. The molecule has 0 spiro atoms. The molecule has 1 aromatic carbocycles. The normalized spacial score (nSPS) is 28.6. The van der Waals surface area contributed by atoms with Crippen LogP contribution < -0.4 is 10.6 Å². The maximum Gasteiger partial charge on any atom is 0.471 e. The average molecular weight is 573 g/mol. The lowest BCUT2D eigenvalue weighted by atomic mass is 9.77. The van der Waals surface area contributed by atoms with Crippen molar-refractivity contribution in [3.63, 3.8) is 0 Å². The molecule has 8 atom stereocenters. The van der Waals surface area contributed by atoms with E-state index in [1.165, 1.54) is 25.7 Å². The topological polar surface area (TPSA) is 91.4 Å². The molecule has 2 N–H and O–H groups in total. The van der Waals surface area contributed by atoms with Gasteiger partial charge in [-0.1, -0.05) is 51.0 Å². The number of aromatic nitrogens is 1. The van der Waals surface area contributed by atoms with Gasteiger partial charge >= 0.3 is 12.1 Å². The first-order valence-corrected chi connectivity index (χ1v) is 13.6. The van der Waals surface area contributed by atoms with Gasteiger partial charge in [0.25, 0.3) is 0 Å². The highest BCUT2D eigenvalue weighted by molar-refractivity contribution is 5.95. The van der Waals surface area contributed by atoms with Gasteiger partial charge in [0.05, 0.1) is 0 Å². The zero-order valence-electron chi connectivity index (χ0n) is 22.9. The molecule has 11 heteroatoms. The van der Waals surface area contributed by atoms with Crippen LogP contribution in [0, 0.1) is 41.4 Å². The molecular weight excluding hydrogens is 540 g/mol. The highest BCUT2D eigenvalue weighted by Gasteiger charge is 2.63. The van der Waals surface area contributed by atoms with Crippen molar-refractivity contribution in [2.75, 3.05) is 6.54 Å². The van der Waals surface area contributed by atoms with Gasteiger partial charge in [0.15, 0.2) is 0 Å². The predicted molar refractivity (Wildman–Crippen MR) is 142 cm³/mol. The van der Waals surface area contributed by atoms with Gasteiger partial charge < -0.3 is 15.5 Å². The van der Waals surface area contributed by atoms with Crippen molar-refractivity contribution in [3.8, 4) is 12.3 Å². The van der Waals surface area contributed by atoms with E-state index in [4.69, 9.17) is 6.42 Å². The second-order valence-corrected chi connectivity index (χ2v) is 12.4. The number of alkyl halides is 4. The number of halogens is 4. The fourth-order valence-corrected chi connectivity index (χ4v) is 7.10. The van der Waals surface area contributed by atoms with Gasteiger partial charge in [-0.2, -0.15) is 13.2 Å². The van der Waals surface area contributed by atoms with Crippen molar-refractivity contribution in [1.29, 1.82) is 0 Å². The number of carbonyl (C=O) groups excluding carboxylic acids is 3. The fourth-order valence-electron chi connectivity index (χ4n) is 7.10. The Balaban J connectivity index is 1.49. The van der Waals surface area contributed by atoms with Crippen molar-refractivity contribution in [3.05, 3.63) is 42.2 Å². The lowest BCUT2D eigenvalue weighted by Crippen LogP contribution is -2.60. The van der Waals surface area contributed by atoms with Crippen LogP contribution in [0.2, 0.25) is 0 Å². The number of hydrogen-bond donors (Lipinski definition) is 2. The number of fused-ring (bicyclic) bond motifs is 6. The van der Waals surface area contributed by atoms with Crippen LogP contribution >= 0.6 is 0 Å². The summed E-state index contributed by atoms with van der Waals surface area (Å²) in [5, 5.41) is 6.25. The van der Waals surface area contributed by atoms with Gasteiger partial charge in [-0.05, 0) is 47.3 Å². The minimum Gasteiger partial charge on any atom is -0.337 e. The first-order valence-electron chi connectivity index (χ1n) is 13.6. The Morgan fingerprint density at radius 1 is 1.07 bits per heavy atom. The molecule has 3 fully saturated rings. The number of pyridine rings is 1. The van der Waals surface area contributed by atoms with E-state index in [9.17, 15) is 31.9 Å². The van der Waals surface area contributed by atoms with E-state index in [1.807, 2.05) is 29.6 Å². The first-order chi connectivity index (χ1) is 19.2. The molecule has 1 saturated heterocycles. The number of nitrogens with zero attached hydrogens (tertiary/aromatic N) is 2. The highest BCUT2D eigenvalue weighted by Crippen LogP contribution is 2.58. The third-order valence-corrected chi connectivity index (χ3v) is 8.93. The Labute approximate surface area is 235 Å². The van der Waals surface area contributed by atoms with Gasteiger partial charge in [0.1, 0.15) is 24.3 Å². The van der Waals surface area contributed by atoms with Crippen molar-refractivity contribution in [2.45, 2.75) is 64.1 Å². The van der Waals surface area contributed by atoms with E-state index in [0.717, 1.165) is 10.8 Å². The SMILES string of the molecule is C#CC(NC(=O)[C@@H]1[C@@H]2[C@H](CN1C(=O)[C@@H](NC(=O)C(F)(F)F)C(C)(C)C)[C@@H]1CC(F)[C@H]2C1)c1cncc2ccccc12. The molecule has 41 heavy (non-hydrogen) atoms. The summed E-state index contributed by atoms with van der Waals surface area (Å²) in [4.78, 5) is 45.3. The van der Waals surface area contributed by atoms with E-state index in [-0.39, 0.29) is 18.4 Å². The van der Waals surface area contributed by atoms with Gasteiger partial charge in [-0.15, -0.1) is 6.42 Å². The molecule has 3 amide bonds. The van der Waals surface area contributed by atoms with Crippen LogP contribution in [-0.4, -0.2) is 58.6 Å². The average Bonchev–Trinajstić information content (AvgIpc) is 3.58. The molecule has 5 rings (SSSR count). The maximum atomic E-state index is 15.0. The van der Waals surface area contributed by atoms with Crippen LogP contribution in [0.15, 0.2) is 36.7 Å². The van der Waals surface area contributed by atoms with Gasteiger partial charge in [-0.25, -0.2) is 4.39 Å². The molecule has 2 aliphatic carbocycles. The predicted octanol–water partition coefficient (Wildman–Crippen LogP) is 3.94. The molecule has 3 aliphatic rings. The summed E-state index contributed by atoms with van der Waals surface area (Å²) in [6, 6.07) is 3.68. The number of likely N-dealkylation sites (tertiary alicyclic amines) is 1. The van der Waals surface area contributed by atoms with Crippen LogP contribution in [0.1, 0.15) is 45.2 Å². The summed E-state index contributed by atoms with van der Waals surface area (Å²) in [6.07, 6.45) is 3.62. The molecule has 2 unspecified atom stereocenters. The zero-order chi connectivity index (χ0) is 29.9. The Hall–Kier alpha value is -3.68. The van der Waals surface area contributed by atoms with Crippen molar-refractivity contribution >= 4 is 28.5 Å². The second-order valence-electron chi connectivity index (χ2n) is 12.4. The summed E-state index contributed by atoms with van der Waals surface area (Å²) in [5.74, 6) is -2.31. The Morgan fingerprint density at radius 2 is 1.78 bits per heavy atom.